The molecule has 4 nitrogen and oxygen atoms in total. The van der Waals surface area contributed by atoms with E-state index >= 15 is 0 Å². The minimum atomic E-state index is -0.727. The van der Waals surface area contributed by atoms with E-state index in [0.717, 1.165) is 49.0 Å². The molecule has 134 valence electrons. The second-order valence-corrected chi connectivity index (χ2v) is 7.36. The maximum atomic E-state index is 11.7. The first kappa shape index (κ1) is 16.8. The largest absolute Gasteiger partial charge is 0.481 e. The third-order valence-corrected chi connectivity index (χ3v) is 5.69. The molecule has 1 amide bonds. The van der Waals surface area contributed by atoms with E-state index in [0.29, 0.717) is 0 Å². The molecule has 4 heteroatoms. The van der Waals surface area contributed by atoms with Gasteiger partial charge >= 0.3 is 5.97 Å². The third-order valence-electron chi connectivity index (χ3n) is 5.69. The van der Waals surface area contributed by atoms with Gasteiger partial charge in [-0.1, -0.05) is 24.3 Å². The highest BCUT2D eigenvalue weighted by molar-refractivity contribution is 5.94. The van der Waals surface area contributed by atoms with Crippen LogP contribution in [-0.2, 0) is 22.4 Å². The number of carboxylic acid groups (broad SMARTS) is 1. The Morgan fingerprint density at radius 2 is 1.85 bits per heavy atom. The van der Waals surface area contributed by atoms with E-state index in [9.17, 15) is 14.7 Å². The van der Waals surface area contributed by atoms with Gasteiger partial charge in [0.2, 0.25) is 5.91 Å². The summed E-state index contributed by atoms with van der Waals surface area (Å²) in [6.07, 6.45) is 4.12. The van der Waals surface area contributed by atoms with Crippen LogP contribution < -0.4 is 4.90 Å². The second kappa shape index (κ2) is 6.60. The minimum Gasteiger partial charge on any atom is -0.481 e. The van der Waals surface area contributed by atoms with Crippen molar-refractivity contribution in [2.75, 3.05) is 11.4 Å². The van der Waals surface area contributed by atoms with Gasteiger partial charge in [-0.2, -0.15) is 0 Å². The number of rotatable bonds is 3. The van der Waals surface area contributed by atoms with Gasteiger partial charge in [0.05, 0.1) is 6.42 Å². The minimum absolute atomic E-state index is 0.0850. The number of carbonyl (C=O) groups excluding carboxylic acids is 1. The fraction of sp³-hybridized carbons (Fsp3) is 0.364. The summed E-state index contributed by atoms with van der Waals surface area (Å²) in [4.78, 5) is 24.8. The molecule has 1 N–H and O–H groups in total. The van der Waals surface area contributed by atoms with Gasteiger partial charge in [-0.05, 0) is 71.6 Å². The van der Waals surface area contributed by atoms with Crippen LogP contribution in [0.1, 0.15) is 48.8 Å². The first-order valence-corrected chi connectivity index (χ1v) is 9.29. The number of aryl methyl sites for hydroxylation is 1. The molecular formula is C22H23NO3. The molecule has 4 rings (SSSR count). The second-order valence-electron chi connectivity index (χ2n) is 7.36. The average Bonchev–Trinajstić information content (AvgIpc) is 3.04. The first-order valence-electron chi connectivity index (χ1n) is 9.29. The van der Waals surface area contributed by atoms with Gasteiger partial charge in [-0.25, -0.2) is 0 Å². The Morgan fingerprint density at radius 3 is 2.62 bits per heavy atom. The topological polar surface area (TPSA) is 57.6 Å². The van der Waals surface area contributed by atoms with Crippen molar-refractivity contribution in [1.82, 2.24) is 0 Å². The normalized spacial score (nSPS) is 18.3. The summed E-state index contributed by atoms with van der Waals surface area (Å²) in [5.41, 5.74) is 6.97. The molecule has 2 aromatic carbocycles. The molecule has 1 atom stereocenters. The van der Waals surface area contributed by atoms with E-state index in [1.54, 1.807) is 6.92 Å². The molecule has 1 aliphatic heterocycles. The van der Waals surface area contributed by atoms with E-state index in [2.05, 4.69) is 30.3 Å². The first-order chi connectivity index (χ1) is 12.5. The monoisotopic (exact) mass is 349 g/mol. The van der Waals surface area contributed by atoms with Crippen LogP contribution in [0.3, 0.4) is 0 Å². The SMILES string of the molecule is CC(=O)N1CCc2cc(-c3ccc4c(c3)C(CC(=O)O)CCC4)ccc21. The lowest BCUT2D eigenvalue weighted by atomic mass is 9.80. The summed E-state index contributed by atoms with van der Waals surface area (Å²) in [6, 6.07) is 12.8. The van der Waals surface area contributed by atoms with Gasteiger partial charge < -0.3 is 10.0 Å². The zero-order valence-electron chi connectivity index (χ0n) is 15.0. The van der Waals surface area contributed by atoms with Gasteiger partial charge in [-0.3, -0.25) is 9.59 Å². The fourth-order valence-electron chi connectivity index (χ4n) is 4.41. The number of carbonyl (C=O) groups is 2. The van der Waals surface area contributed by atoms with Crippen molar-refractivity contribution in [2.45, 2.75) is 44.9 Å². The van der Waals surface area contributed by atoms with Gasteiger partial charge in [0.1, 0.15) is 0 Å². The van der Waals surface area contributed by atoms with Crippen LogP contribution in [0.5, 0.6) is 0 Å². The van der Waals surface area contributed by atoms with Gasteiger partial charge in [-0.15, -0.1) is 0 Å². The molecule has 0 saturated heterocycles. The number of amides is 1. The van der Waals surface area contributed by atoms with Crippen LogP contribution >= 0.6 is 0 Å². The standard InChI is InChI=1S/C22H23NO3/c1-14(24)23-10-9-19-11-16(7-8-21(19)23)17-6-5-15-3-2-4-18(13-22(25)26)20(15)12-17/h5-8,11-12,18H,2-4,9-10,13H2,1H3,(H,25,26). The maximum Gasteiger partial charge on any atom is 0.303 e. The number of nitrogens with zero attached hydrogens (tertiary/aromatic N) is 1. The molecule has 2 aromatic rings. The Balaban J connectivity index is 1.69. The van der Waals surface area contributed by atoms with Crippen LogP contribution in [0.25, 0.3) is 11.1 Å². The van der Waals surface area contributed by atoms with Crippen molar-refractivity contribution in [3.8, 4) is 11.1 Å². The highest BCUT2D eigenvalue weighted by atomic mass is 16.4. The fourth-order valence-corrected chi connectivity index (χ4v) is 4.41. The smallest absolute Gasteiger partial charge is 0.303 e. The average molecular weight is 349 g/mol. The van der Waals surface area contributed by atoms with Crippen molar-refractivity contribution in [3.63, 3.8) is 0 Å². The van der Waals surface area contributed by atoms with Gasteiger partial charge in [0.25, 0.3) is 0 Å². The lowest BCUT2D eigenvalue weighted by Crippen LogP contribution is -2.25. The molecule has 2 aliphatic rings. The number of hydrogen-bond donors (Lipinski definition) is 1. The van der Waals surface area contributed by atoms with Crippen molar-refractivity contribution in [1.29, 1.82) is 0 Å². The van der Waals surface area contributed by atoms with E-state index in [1.807, 2.05) is 11.0 Å². The molecule has 1 unspecified atom stereocenters. The molecular weight excluding hydrogens is 326 g/mol. The molecule has 1 heterocycles. The summed E-state index contributed by atoms with van der Waals surface area (Å²) < 4.78 is 0. The van der Waals surface area contributed by atoms with E-state index in [4.69, 9.17) is 0 Å². The van der Waals surface area contributed by atoms with Crippen molar-refractivity contribution in [2.24, 2.45) is 0 Å². The van der Waals surface area contributed by atoms with Crippen LogP contribution in [-0.4, -0.2) is 23.5 Å². The summed E-state index contributed by atoms with van der Waals surface area (Å²) in [5, 5.41) is 9.22. The number of benzene rings is 2. The predicted octanol–water partition coefficient (Wildman–Crippen LogP) is 4.16. The zero-order valence-corrected chi connectivity index (χ0v) is 15.0. The Kier molecular flexibility index (Phi) is 4.27. The molecule has 0 fully saturated rings. The lowest BCUT2D eigenvalue weighted by molar-refractivity contribution is -0.137. The number of anilines is 1. The number of fused-ring (bicyclic) bond motifs is 2. The molecule has 0 saturated carbocycles. The lowest BCUT2D eigenvalue weighted by Gasteiger charge is -2.25. The van der Waals surface area contributed by atoms with Crippen molar-refractivity contribution in [3.05, 3.63) is 53.1 Å². The van der Waals surface area contributed by atoms with E-state index in [-0.39, 0.29) is 18.2 Å². The molecule has 0 radical (unpaired) electrons. The zero-order chi connectivity index (χ0) is 18.3. The highest BCUT2D eigenvalue weighted by Crippen LogP contribution is 2.38. The van der Waals surface area contributed by atoms with Gasteiger partial charge in [0, 0.05) is 19.2 Å². The van der Waals surface area contributed by atoms with E-state index in [1.165, 1.54) is 16.7 Å². The molecule has 26 heavy (non-hydrogen) atoms. The Hall–Kier alpha value is -2.62. The van der Waals surface area contributed by atoms with Crippen LogP contribution in [0, 0.1) is 0 Å². The summed E-state index contributed by atoms with van der Waals surface area (Å²) in [6.45, 7) is 2.36. The van der Waals surface area contributed by atoms with Crippen molar-refractivity contribution < 1.29 is 14.7 Å². The molecule has 0 aromatic heterocycles. The highest BCUT2D eigenvalue weighted by Gasteiger charge is 2.24. The Labute approximate surface area is 153 Å². The summed E-state index contributed by atoms with van der Waals surface area (Å²) in [7, 11) is 0. The van der Waals surface area contributed by atoms with E-state index < -0.39 is 5.97 Å². The Morgan fingerprint density at radius 1 is 1.08 bits per heavy atom. The molecule has 1 aliphatic carbocycles. The molecule has 0 bridgehead atoms. The number of hydrogen-bond acceptors (Lipinski definition) is 2. The van der Waals surface area contributed by atoms with Gasteiger partial charge in [0.15, 0.2) is 0 Å². The van der Waals surface area contributed by atoms with Crippen molar-refractivity contribution >= 4 is 17.6 Å². The van der Waals surface area contributed by atoms with Crippen LogP contribution in [0.2, 0.25) is 0 Å². The Bertz CT molecular complexity index is 887. The maximum absolute atomic E-state index is 11.7. The predicted molar refractivity (Wildman–Crippen MR) is 102 cm³/mol. The third kappa shape index (κ3) is 3.00. The van der Waals surface area contributed by atoms with Crippen LogP contribution in [0.15, 0.2) is 36.4 Å². The van der Waals surface area contributed by atoms with Crippen LogP contribution in [0.4, 0.5) is 5.69 Å². The summed E-state index contributed by atoms with van der Waals surface area (Å²) in [5.74, 6) is -0.532. The number of aliphatic carboxylic acids is 1. The molecule has 0 spiro atoms. The summed E-state index contributed by atoms with van der Waals surface area (Å²) >= 11 is 0. The quantitative estimate of drug-likeness (QED) is 0.905. The number of carboxylic acids is 1.